The number of hydrogen-bond acceptors (Lipinski definition) is 3. The normalized spacial score (nSPS) is 17.7. The van der Waals surface area contributed by atoms with Gasteiger partial charge in [0, 0.05) is 51.4 Å². The Bertz CT molecular complexity index is 796. The third-order valence-corrected chi connectivity index (χ3v) is 4.78. The maximum atomic E-state index is 12.6. The van der Waals surface area contributed by atoms with Crippen LogP contribution in [-0.4, -0.2) is 31.1 Å². The number of nitrogens with zero attached hydrogens (tertiary/aromatic N) is 2. The van der Waals surface area contributed by atoms with Gasteiger partial charge in [-0.15, -0.1) is 0 Å². The van der Waals surface area contributed by atoms with Gasteiger partial charge in [0.2, 0.25) is 5.91 Å². The van der Waals surface area contributed by atoms with Crippen molar-refractivity contribution in [1.29, 1.82) is 0 Å². The molecule has 1 aromatic heterocycles. The van der Waals surface area contributed by atoms with Crippen LogP contribution >= 0.6 is 0 Å². The summed E-state index contributed by atoms with van der Waals surface area (Å²) in [5.74, 6) is 0.452. The molecule has 1 aromatic carbocycles. The van der Waals surface area contributed by atoms with Crippen LogP contribution in [0, 0.1) is 5.92 Å². The minimum atomic E-state index is 0.00640. The van der Waals surface area contributed by atoms with Crippen LogP contribution < -0.4 is 15.8 Å². The number of rotatable bonds is 4. The van der Waals surface area contributed by atoms with E-state index in [1.807, 2.05) is 43.4 Å². The van der Waals surface area contributed by atoms with E-state index in [9.17, 15) is 9.59 Å². The van der Waals surface area contributed by atoms with Crippen LogP contribution in [0.25, 0.3) is 11.1 Å². The van der Waals surface area contributed by atoms with Crippen LogP contribution in [0.5, 0.6) is 0 Å². The van der Waals surface area contributed by atoms with Gasteiger partial charge in [0.05, 0.1) is 5.69 Å². The van der Waals surface area contributed by atoms with E-state index in [4.69, 9.17) is 0 Å². The quantitative estimate of drug-likeness (QED) is 0.931. The highest BCUT2D eigenvalue weighted by molar-refractivity contribution is 5.77. The molecule has 132 valence electrons. The first-order chi connectivity index (χ1) is 12.0. The third kappa shape index (κ3) is 4.10. The fraction of sp³-hybridized carbons (Fsp3) is 0.400. The number of benzene rings is 1. The van der Waals surface area contributed by atoms with E-state index < -0.39 is 0 Å². The number of carbonyl (C=O) groups excluding carboxylic acids is 1. The molecule has 0 spiro atoms. The number of hydrogen-bond donors (Lipinski definition) is 1. The summed E-state index contributed by atoms with van der Waals surface area (Å²) < 4.78 is 1.80. The summed E-state index contributed by atoms with van der Waals surface area (Å²) in [7, 11) is 3.91. The topological polar surface area (TPSA) is 54.3 Å². The molecule has 1 aliphatic heterocycles. The van der Waals surface area contributed by atoms with Crippen molar-refractivity contribution in [3.8, 4) is 11.1 Å². The molecule has 1 N–H and O–H groups in total. The lowest BCUT2D eigenvalue weighted by molar-refractivity contribution is -0.120. The predicted octanol–water partition coefficient (Wildman–Crippen LogP) is 2.50. The number of pyridine rings is 1. The van der Waals surface area contributed by atoms with Crippen LogP contribution in [-0.2, 0) is 11.3 Å². The highest BCUT2D eigenvalue weighted by atomic mass is 16.1. The summed E-state index contributed by atoms with van der Waals surface area (Å²) in [6.45, 7) is 1.35. The predicted molar refractivity (Wildman–Crippen MR) is 101 cm³/mol. The molecule has 3 rings (SSSR count). The molecule has 1 amide bonds. The molecule has 1 fully saturated rings. The molecule has 2 heterocycles. The Balaban J connectivity index is 1.94. The maximum absolute atomic E-state index is 12.6. The first-order valence-corrected chi connectivity index (χ1v) is 8.78. The van der Waals surface area contributed by atoms with E-state index in [1.54, 1.807) is 10.6 Å². The monoisotopic (exact) mass is 339 g/mol. The lowest BCUT2D eigenvalue weighted by Gasteiger charge is -2.21. The number of aromatic nitrogens is 1. The zero-order valence-electron chi connectivity index (χ0n) is 14.9. The van der Waals surface area contributed by atoms with Gasteiger partial charge in [-0.05, 0) is 24.3 Å². The molecule has 1 unspecified atom stereocenters. The zero-order chi connectivity index (χ0) is 17.8. The van der Waals surface area contributed by atoms with Crippen molar-refractivity contribution in [3.63, 3.8) is 0 Å². The Morgan fingerprint density at radius 3 is 2.64 bits per heavy atom. The molecule has 1 atom stereocenters. The molecule has 0 bridgehead atoms. The fourth-order valence-electron chi connectivity index (χ4n) is 3.36. The molecule has 0 aliphatic carbocycles. The van der Waals surface area contributed by atoms with Crippen LogP contribution in [0.1, 0.15) is 19.3 Å². The van der Waals surface area contributed by atoms with E-state index in [0.29, 0.717) is 25.4 Å². The van der Waals surface area contributed by atoms with Crippen molar-refractivity contribution in [3.05, 3.63) is 52.9 Å². The molecule has 2 aromatic rings. The summed E-state index contributed by atoms with van der Waals surface area (Å²) in [4.78, 5) is 26.1. The third-order valence-electron chi connectivity index (χ3n) is 4.78. The van der Waals surface area contributed by atoms with Gasteiger partial charge in [-0.3, -0.25) is 9.59 Å². The van der Waals surface area contributed by atoms with E-state index in [1.165, 1.54) is 0 Å². The lowest BCUT2D eigenvalue weighted by atomic mass is 10.00. The Labute approximate surface area is 148 Å². The van der Waals surface area contributed by atoms with Crippen LogP contribution in [0.4, 0.5) is 5.69 Å². The summed E-state index contributed by atoms with van der Waals surface area (Å²) in [5, 5.41) is 2.90. The van der Waals surface area contributed by atoms with Crippen molar-refractivity contribution in [2.45, 2.75) is 25.8 Å². The molecular weight excluding hydrogens is 314 g/mol. The highest BCUT2D eigenvalue weighted by Crippen LogP contribution is 2.28. The van der Waals surface area contributed by atoms with Gasteiger partial charge in [0.1, 0.15) is 0 Å². The molecule has 5 nitrogen and oxygen atoms in total. The first kappa shape index (κ1) is 17.3. The average molecular weight is 339 g/mol. The first-order valence-electron chi connectivity index (χ1n) is 8.78. The molecule has 1 aliphatic rings. The molecule has 1 saturated heterocycles. The van der Waals surface area contributed by atoms with E-state index in [0.717, 1.165) is 29.7 Å². The zero-order valence-corrected chi connectivity index (χ0v) is 14.9. The molecule has 0 radical (unpaired) electrons. The summed E-state index contributed by atoms with van der Waals surface area (Å²) in [6.07, 6.45) is 4.25. The standard InChI is InChI=1S/C20H25N3O2/c1-22(2)18-12-20(25)23(13-15-8-9-19(24)21-11-10-15)14-17(18)16-6-4-3-5-7-16/h3-7,12,14-15H,8-11,13H2,1-2H3,(H,21,24). The summed E-state index contributed by atoms with van der Waals surface area (Å²) in [5.41, 5.74) is 3.07. The lowest BCUT2D eigenvalue weighted by Crippen LogP contribution is -2.26. The minimum Gasteiger partial charge on any atom is -0.377 e. The summed E-state index contributed by atoms with van der Waals surface area (Å²) >= 11 is 0. The Morgan fingerprint density at radius 1 is 1.16 bits per heavy atom. The van der Waals surface area contributed by atoms with Crippen LogP contribution in [0.3, 0.4) is 0 Å². The van der Waals surface area contributed by atoms with Gasteiger partial charge in [-0.25, -0.2) is 0 Å². The van der Waals surface area contributed by atoms with Crippen molar-refractivity contribution in [2.24, 2.45) is 5.92 Å². The Morgan fingerprint density at radius 2 is 1.92 bits per heavy atom. The second kappa shape index (κ2) is 7.55. The highest BCUT2D eigenvalue weighted by Gasteiger charge is 2.18. The largest absolute Gasteiger partial charge is 0.377 e. The van der Waals surface area contributed by atoms with E-state index in [-0.39, 0.29) is 11.5 Å². The summed E-state index contributed by atoms with van der Waals surface area (Å²) in [6, 6.07) is 11.8. The Kier molecular flexibility index (Phi) is 5.22. The smallest absolute Gasteiger partial charge is 0.252 e. The van der Waals surface area contributed by atoms with E-state index in [2.05, 4.69) is 17.4 Å². The van der Waals surface area contributed by atoms with Gasteiger partial charge in [0.15, 0.2) is 0 Å². The number of amides is 1. The molecule has 5 heteroatoms. The van der Waals surface area contributed by atoms with Gasteiger partial charge in [-0.1, -0.05) is 30.3 Å². The molecule has 25 heavy (non-hydrogen) atoms. The van der Waals surface area contributed by atoms with E-state index >= 15 is 0 Å². The van der Waals surface area contributed by atoms with Crippen molar-refractivity contribution in [2.75, 3.05) is 25.5 Å². The van der Waals surface area contributed by atoms with Gasteiger partial charge in [-0.2, -0.15) is 0 Å². The van der Waals surface area contributed by atoms with Gasteiger partial charge in [0.25, 0.3) is 5.56 Å². The average Bonchev–Trinajstić information content (AvgIpc) is 2.81. The second-order valence-electron chi connectivity index (χ2n) is 6.87. The fourth-order valence-corrected chi connectivity index (χ4v) is 3.36. The molecule has 0 saturated carbocycles. The van der Waals surface area contributed by atoms with Crippen LogP contribution in [0.2, 0.25) is 0 Å². The number of anilines is 1. The number of nitrogens with one attached hydrogen (secondary N) is 1. The van der Waals surface area contributed by atoms with Crippen LogP contribution in [0.15, 0.2) is 47.4 Å². The maximum Gasteiger partial charge on any atom is 0.252 e. The minimum absolute atomic E-state index is 0.00640. The van der Waals surface area contributed by atoms with Crippen molar-refractivity contribution >= 4 is 11.6 Å². The van der Waals surface area contributed by atoms with Gasteiger partial charge >= 0.3 is 0 Å². The SMILES string of the molecule is CN(C)c1cc(=O)n(CC2CCNC(=O)CC2)cc1-c1ccccc1. The van der Waals surface area contributed by atoms with Crippen molar-refractivity contribution < 1.29 is 4.79 Å². The van der Waals surface area contributed by atoms with Gasteiger partial charge < -0.3 is 14.8 Å². The van der Waals surface area contributed by atoms with Crippen molar-refractivity contribution in [1.82, 2.24) is 9.88 Å². The number of carbonyl (C=O) groups is 1. The second-order valence-corrected chi connectivity index (χ2v) is 6.87. The Hall–Kier alpha value is -2.56. The molecular formula is C20H25N3O2.